The van der Waals surface area contributed by atoms with Crippen LogP contribution in [0, 0.1) is 13.8 Å². The van der Waals surface area contributed by atoms with Crippen molar-refractivity contribution in [2.75, 3.05) is 5.32 Å². The van der Waals surface area contributed by atoms with Crippen LogP contribution in [0.15, 0.2) is 42.5 Å². The van der Waals surface area contributed by atoms with Gasteiger partial charge in [0.25, 0.3) is 5.91 Å². The van der Waals surface area contributed by atoms with Crippen molar-refractivity contribution in [1.82, 2.24) is 25.0 Å². The number of aromatic amines is 1. The Morgan fingerprint density at radius 2 is 1.92 bits per heavy atom. The summed E-state index contributed by atoms with van der Waals surface area (Å²) in [4.78, 5) is 17.3. The number of hydrogen-bond acceptors (Lipinski definition) is 4. The van der Waals surface area contributed by atoms with Crippen molar-refractivity contribution in [3.8, 4) is 11.3 Å². The molecule has 3 heterocycles. The van der Waals surface area contributed by atoms with Gasteiger partial charge in [0.05, 0.1) is 22.3 Å². The summed E-state index contributed by atoms with van der Waals surface area (Å²) in [5, 5.41) is 15.1. The first-order chi connectivity index (χ1) is 12.5. The molecule has 0 aliphatic heterocycles. The number of rotatable bonds is 3. The van der Waals surface area contributed by atoms with E-state index in [0.29, 0.717) is 17.0 Å². The van der Waals surface area contributed by atoms with E-state index in [1.54, 1.807) is 10.7 Å². The highest BCUT2D eigenvalue weighted by atomic mass is 16.1. The summed E-state index contributed by atoms with van der Waals surface area (Å²) in [6.45, 7) is 3.73. The smallest absolute Gasteiger partial charge is 0.257 e. The van der Waals surface area contributed by atoms with Crippen LogP contribution in [0.5, 0.6) is 0 Å². The second kappa shape index (κ2) is 6.11. The Labute approximate surface area is 150 Å². The van der Waals surface area contributed by atoms with Crippen LogP contribution in [-0.2, 0) is 7.05 Å². The summed E-state index contributed by atoms with van der Waals surface area (Å²) in [6, 6.07) is 13.4. The number of carbonyl (C=O) groups excluding carboxylic acids is 1. The average molecular weight is 346 g/mol. The van der Waals surface area contributed by atoms with Gasteiger partial charge in [-0.3, -0.25) is 14.6 Å². The zero-order chi connectivity index (χ0) is 18.3. The monoisotopic (exact) mass is 346 g/mol. The molecule has 3 aromatic heterocycles. The lowest BCUT2D eigenvalue weighted by atomic mass is 10.1. The van der Waals surface area contributed by atoms with Crippen molar-refractivity contribution in [2.24, 2.45) is 7.05 Å². The molecular formula is C19H18N6O. The highest BCUT2D eigenvalue weighted by molar-refractivity contribution is 6.12. The SMILES string of the molecule is Cc1cc(C(=O)Nc2cc(-c3ccccc3)[nH]n2)c2c(C)nn(C)c2n1. The van der Waals surface area contributed by atoms with E-state index in [9.17, 15) is 4.79 Å². The topological polar surface area (TPSA) is 88.5 Å². The summed E-state index contributed by atoms with van der Waals surface area (Å²) in [7, 11) is 1.82. The summed E-state index contributed by atoms with van der Waals surface area (Å²) in [6.07, 6.45) is 0. The van der Waals surface area contributed by atoms with Crippen molar-refractivity contribution < 1.29 is 4.79 Å². The molecule has 0 aliphatic rings. The summed E-state index contributed by atoms with van der Waals surface area (Å²) in [5.41, 5.74) is 4.62. The van der Waals surface area contributed by atoms with E-state index < -0.39 is 0 Å². The van der Waals surface area contributed by atoms with Crippen LogP contribution in [0.2, 0.25) is 0 Å². The molecule has 0 saturated carbocycles. The number of nitrogens with zero attached hydrogens (tertiary/aromatic N) is 4. The molecule has 7 nitrogen and oxygen atoms in total. The summed E-state index contributed by atoms with van der Waals surface area (Å²) < 4.78 is 1.69. The third kappa shape index (κ3) is 2.73. The van der Waals surface area contributed by atoms with Crippen LogP contribution in [-0.4, -0.2) is 30.9 Å². The number of hydrogen-bond donors (Lipinski definition) is 2. The van der Waals surface area contributed by atoms with Crippen molar-refractivity contribution >= 4 is 22.8 Å². The Morgan fingerprint density at radius 3 is 2.69 bits per heavy atom. The highest BCUT2D eigenvalue weighted by Crippen LogP contribution is 2.24. The van der Waals surface area contributed by atoms with E-state index in [2.05, 4.69) is 25.6 Å². The highest BCUT2D eigenvalue weighted by Gasteiger charge is 2.18. The molecule has 0 saturated heterocycles. The number of pyridine rings is 1. The van der Waals surface area contributed by atoms with Crippen LogP contribution in [0.1, 0.15) is 21.7 Å². The van der Waals surface area contributed by atoms with E-state index in [1.807, 2.05) is 57.3 Å². The molecule has 0 aliphatic carbocycles. The lowest BCUT2D eigenvalue weighted by Crippen LogP contribution is -2.13. The minimum absolute atomic E-state index is 0.234. The second-order valence-electron chi connectivity index (χ2n) is 6.21. The lowest BCUT2D eigenvalue weighted by Gasteiger charge is -2.05. The van der Waals surface area contributed by atoms with Crippen LogP contribution in [0.4, 0.5) is 5.82 Å². The summed E-state index contributed by atoms with van der Waals surface area (Å²) in [5.74, 6) is 0.237. The molecular weight excluding hydrogens is 328 g/mol. The molecule has 7 heteroatoms. The molecule has 0 atom stereocenters. The molecule has 0 spiro atoms. The largest absolute Gasteiger partial charge is 0.305 e. The zero-order valence-electron chi connectivity index (χ0n) is 14.7. The van der Waals surface area contributed by atoms with E-state index in [1.165, 1.54) is 0 Å². The van der Waals surface area contributed by atoms with E-state index in [4.69, 9.17) is 0 Å². The number of aryl methyl sites for hydroxylation is 3. The van der Waals surface area contributed by atoms with E-state index in [-0.39, 0.29) is 5.91 Å². The van der Waals surface area contributed by atoms with Gasteiger partial charge in [0, 0.05) is 18.8 Å². The van der Waals surface area contributed by atoms with Gasteiger partial charge < -0.3 is 5.32 Å². The van der Waals surface area contributed by atoms with E-state index in [0.717, 1.165) is 28.0 Å². The first-order valence-corrected chi connectivity index (χ1v) is 8.26. The number of aromatic nitrogens is 5. The van der Waals surface area contributed by atoms with Crippen LogP contribution in [0.3, 0.4) is 0 Å². The van der Waals surface area contributed by atoms with Crippen molar-refractivity contribution in [1.29, 1.82) is 0 Å². The van der Waals surface area contributed by atoms with Gasteiger partial charge in [-0.1, -0.05) is 30.3 Å². The molecule has 26 heavy (non-hydrogen) atoms. The molecule has 1 amide bonds. The Morgan fingerprint density at radius 1 is 1.15 bits per heavy atom. The number of amides is 1. The van der Waals surface area contributed by atoms with Crippen LogP contribution in [0.25, 0.3) is 22.3 Å². The fraction of sp³-hybridized carbons (Fsp3) is 0.158. The van der Waals surface area contributed by atoms with Gasteiger partial charge in [0.1, 0.15) is 0 Å². The number of benzene rings is 1. The Hall–Kier alpha value is -3.48. The number of nitrogens with one attached hydrogen (secondary N) is 2. The van der Waals surface area contributed by atoms with Gasteiger partial charge in [0.2, 0.25) is 0 Å². The first-order valence-electron chi connectivity index (χ1n) is 8.26. The van der Waals surface area contributed by atoms with Crippen molar-refractivity contribution in [3.63, 3.8) is 0 Å². The maximum absolute atomic E-state index is 12.9. The predicted octanol–water partition coefficient (Wildman–Crippen LogP) is 3.23. The minimum Gasteiger partial charge on any atom is -0.305 e. The molecule has 130 valence electrons. The zero-order valence-corrected chi connectivity index (χ0v) is 14.7. The maximum Gasteiger partial charge on any atom is 0.257 e. The molecule has 4 aromatic rings. The standard InChI is InChI=1S/C19H18N6O/c1-11-9-14(17-12(2)24-25(3)18(17)20-11)19(26)21-16-10-15(22-23-16)13-7-5-4-6-8-13/h4-10H,1-3H3,(H2,21,22,23,26). The fourth-order valence-corrected chi connectivity index (χ4v) is 3.08. The first kappa shape index (κ1) is 16.0. The number of fused-ring (bicyclic) bond motifs is 1. The maximum atomic E-state index is 12.9. The molecule has 0 fully saturated rings. The molecule has 1 aromatic carbocycles. The molecule has 4 rings (SSSR count). The van der Waals surface area contributed by atoms with Gasteiger partial charge in [-0.15, -0.1) is 0 Å². The Bertz CT molecular complexity index is 1110. The van der Waals surface area contributed by atoms with Crippen molar-refractivity contribution in [3.05, 3.63) is 59.4 Å². The lowest BCUT2D eigenvalue weighted by molar-refractivity contribution is 0.102. The summed E-state index contributed by atoms with van der Waals surface area (Å²) >= 11 is 0. The van der Waals surface area contributed by atoms with Crippen molar-refractivity contribution in [2.45, 2.75) is 13.8 Å². The van der Waals surface area contributed by atoms with Gasteiger partial charge in [-0.05, 0) is 25.5 Å². The quantitative estimate of drug-likeness (QED) is 0.596. The minimum atomic E-state index is -0.234. The fourth-order valence-electron chi connectivity index (χ4n) is 3.08. The third-order valence-corrected chi connectivity index (χ3v) is 4.25. The van der Waals surface area contributed by atoms with Gasteiger partial charge in [0.15, 0.2) is 11.5 Å². The normalized spacial score (nSPS) is 11.0. The second-order valence-corrected chi connectivity index (χ2v) is 6.21. The van der Waals surface area contributed by atoms with Gasteiger partial charge in [-0.2, -0.15) is 10.2 Å². The Kier molecular flexibility index (Phi) is 3.76. The van der Waals surface area contributed by atoms with Gasteiger partial charge >= 0.3 is 0 Å². The molecule has 2 N–H and O–H groups in total. The average Bonchev–Trinajstić information content (AvgIpc) is 3.20. The van der Waals surface area contributed by atoms with Crippen LogP contribution >= 0.6 is 0 Å². The van der Waals surface area contributed by atoms with Crippen LogP contribution < -0.4 is 5.32 Å². The predicted molar refractivity (Wildman–Crippen MR) is 100.0 cm³/mol. The molecule has 0 radical (unpaired) electrons. The molecule has 0 unspecified atom stereocenters. The number of carbonyl (C=O) groups is 1. The third-order valence-electron chi connectivity index (χ3n) is 4.25. The number of anilines is 1. The number of H-pyrrole nitrogens is 1. The van der Waals surface area contributed by atoms with E-state index >= 15 is 0 Å². The van der Waals surface area contributed by atoms with Gasteiger partial charge in [-0.25, -0.2) is 4.98 Å². The Balaban J connectivity index is 1.68. The molecule has 0 bridgehead atoms.